The third kappa shape index (κ3) is 2.00. The molecule has 1 rings (SSSR count). The topological polar surface area (TPSA) is 17.1 Å². The third-order valence-electron chi connectivity index (χ3n) is 1.65. The van der Waals surface area contributed by atoms with Crippen molar-refractivity contribution in [3.63, 3.8) is 0 Å². The summed E-state index contributed by atoms with van der Waals surface area (Å²) in [6.45, 7) is 1.62. The van der Waals surface area contributed by atoms with Gasteiger partial charge < -0.3 is 0 Å². The number of carbonyl (C=O) groups excluding carboxylic acids is 1. The lowest BCUT2D eigenvalue weighted by atomic mass is 10.2. The Labute approximate surface area is 55.8 Å². The molecule has 1 saturated carbocycles. The van der Waals surface area contributed by atoms with Crippen molar-refractivity contribution in [2.45, 2.75) is 32.6 Å². The van der Waals surface area contributed by atoms with E-state index in [2.05, 4.69) is 0 Å². The van der Waals surface area contributed by atoms with Crippen molar-refractivity contribution in [1.82, 2.24) is 0 Å². The zero-order valence-corrected chi connectivity index (χ0v) is 5.81. The first-order chi connectivity index (χ1) is 4.29. The molecule has 0 aliphatic heterocycles. The quantitative estimate of drug-likeness (QED) is 0.489. The molecular formula is C8H12O. The largest absolute Gasteiger partial charge is 0.295 e. The van der Waals surface area contributed by atoms with Crippen LogP contribution in [0.5, 0.6) is 0 Å². The standard InChI is InChI=1S/C8H12O/c1-7(9)6-8-4-2-3-5-8/h6H,2-5H2,1H3. The minimum absolute atomic E-state index is 0.201. The molecule has 1 fully saturated rings. The van der Waals surface area contributed by atoms with E-state index < -0.39 is 0 Å². The van der Waals surface area contributed by atoms with Crippen molar-refractivity contribution in [2.24, 2.45) is 0 Å². The molecule has 0 aromatic rings. The van der Waals surface area contributed by atoms with Crippen LogP contribution in [0.3, 0.4) is 0 Å². The highest BCUT2D eigenvalue weighted by Crippen LogP contribution is 2.23. The number of hydrogen-bond acceptors (Lipinski definition) is 1. The maximum atomic E-state index is 10.5. The predicted molar refractivity (Wildman–Crippen MR) is 37.2 cm³/mol. The number of rotatable bonds is 1. The highest BCUT2D eigenvalue weighted by molar-refractivity contribution is 5.87. The third-order valence-corrected chi connectivity index (χ3v) is 1.65. The molecule has 1 aliphatic rings. The molecule has 1 heteroatoms. The van der Waals surface area contributed by atoms with Crippen molar-refractivity contribution in [3.8, 4) is 0 Å². The van der Waals surface area contributed by atoms with E-state index in [4.69, 9.17) is 0 Å². The zero-order valence-electron chi connectivity index (χ0n) is 5.81. The van der Waals surface area contributed by atoms with Gasteiger partial charge in [-0.25, -0.2) is 0 Å². The average molecular weight is 124 g/mol. The summed E-state index contributed by atoms with van der Waals surface area (Å²) < 4.78 is 0. The van der Waals surface area contributed by atoms with Gasteiger partial charge in [-0.15, -0.1) is 0 Å². The van der Waals surface area contributed by atoms with Gasteiger partial charge in [0.25, 0.3) is 0 Å². The molecule has 0 aromatic heterocycles. The molecule has 1 nitrogen and oxygen atoms in total. The Morgan fingerprint density at radius 1 is 1.44 bits per heavy atom. The van der Waals surface area contributed by atoms with Crippen LogP contribution in [-0.2, 0) is 4.79 Å². The first kappa shape index (κ1) is 6.53. The van der Waals surface area contributed by atoms with Gasteiger partial charge in [0.05, 0.1) is 0 Å². The Hall–Kier alpha value is -0.590. The van der Waals surface area contributed by atoms with Crippen molar-refractivity contribution >= 4 is 5.78 Å². The summed E-state index contributed by atoms with van der Waals surface area (Å²) in [5.41, 5.74) is 1.35. The van der Waals surface area contributed by atoms with Crippen molar-refractivity contribution in [2.75, 3.05) is 0 Å². The fraction of sp³-hybridized carbons (Fsp3) is 0.625. The van der Waals surface area contributed by atoms with E-state index >= 15 is 0 Å². The van der Waals surface area contributed by atoms with E-state index in [1.165, 1.54) is 18.4 Å². The van der Waals surface area contributed by atoms with Crippen LogP contribution in [0, 0.1) is 0 Å². The maximum absolute atomic E-state index is 10.5. The normalized spacial score (nSPS) is 18.1. The molecule has 0 bridgehead atoms. The van der Waals surface area contributed by atoms with E-state index in [1.807, 2.05) is 0 Å². The average Bonchev–Trinajstić information content (AvgIpc) is 2.15. The minimum Gasteiger partial charge on any atom is -0.295 e. The van der Waals surface area contributed by atoms with Crippen LogP contribution < -0.4 is 0 Å². The first-order valence-electron chi connectivity index (χ1n) is 3.49. The van der Waals surface area contributed by atoms with Crippen molar-refractivity contribution < 1.29 is 4.79 Å². The molecule has 0 saturated heterocycles. The van der Waals surface area contributed by atoms with Crippen LogP contribution in [0.2, 0.25) is 0 Å². The molecule has 0 amide bonds. The SMILES string of the molecule is CC(=O)C=C1CCCC1. The van der Waals surface area contributed by atoms with Gasteiger partial charge in [0.15, 0.2) is 5.78 Å². The van der Waals surface area contributed by atoms with Gasteiger partial charge in [-0.1, -0.05) is 5.57 Å². The van der Waals surface area contributed by atoms with Crippen LogP contribution in [0.4, 0.5) is 0 Å². The van der Waals surface area contributed by atoms with Crippen molar-refractivity contribution in [3.05, 3.63) is 11.6 Å². The summed E-state index contributed by atoms with van der Waals surface area (Å²) >= 11 is 0. The highest BCUT2D eigenvalue weighted by atomic mass is 16.1. The summed E-state index contributed by atoms with van der Waals surface area (Å²) in [5, 5.41) is 0. The Kier molecular flexibility index (Phi) is 2.04. The lowest BCUT2D eigenvalue weighted by molar-refractivity contribution is -0.112. The Morgan fingerprint density at radius 2 is 2.00 bits per heavy atom. The Morgan fingerprint density at radius 3 is 2.44 bits per heavy atom. The van der Waals surface area contributed by atoms with Gasteiger partial charge in [-0.2, -0.15) is 0 Å². The second kappa shape index (κ2) is 2.81. The van der Waals surface area contributed by atoms with E-state index in [0.717, 1.165) is 12.8 Å². The van der Waals surface area contributed by atoms with E-state index in [0.29, 0.717) is 0 Å². The maximum Gasteiger partial charge on any atom is 0.152 e. The van der Waals surface area contributed by atoms with Crippen LogP contribution in [0.1, 0.15) is 32.6 Å². The van der Waals surface area contributed by atoms with Gasteiger partial charge >= 0.3 is 0 Å². The molecular weight excluding hydrogens is 112 g/mol. The molecule has 0 aromatic carbocycles. The first-order valence-corrected chi connectivity index (χ1v) is 3.49. The predicted octanol–water partition coefficient (Wildman–Crippen LogP) is 2.08. The Bertz CT molecular complexity index is 137. The summed E-state index contributed by atoms with van der Waals surface area (Å²) in [5.74, 6) is 0.201. The van der Waals surface area contributed by atoms with E-state index in [1.54, 1.807) is 13.0 Å². The molecule has 1 aliphatic carbocycles. The van der Waals surface area contributed by atoms with Crippen LogP contribution in [0.15, 0.2) is 11.6 Å². The van der Waals surface area contributed by atoms with Crippen LogP contribution in [0.25, 0.3) is 0 Å². The fourth-order valence-corrected chi connectivity index (χ4v) is 1.26. The fourth-order valence-electron chi connectivity index (χ4n) is 1.26. The van der Waals surface area contributed by atoms with E-state index in [-0.39, 0.29) is 5.78 Å². The van der Waals surface area contributed by atoms with Crippen LogP contribution >= 0.6 is 0 Å². The molecule has 0 heterocycles. The highest BCUT2D eigenvalue weighted by Gasteiger charge is 2.05. The van der Waals surface area contributed by atoms with Crippen molar-refractivity contribution in [1.29, 1.82) is 0 Å². The molecule has 0 spiro atoms. The lowest BCUT2D eigenvalue weighted by Gasteiger charge is -1.88. The van der Waals surface area contributed by atoms with Gasteiger partial charge in [0.2, 0.25) is 0 Å². The molecule has 0 unspecified atom stereocenters. The smallest absolute Gasteiger partial charge is 0.152 e. The van der Waals surface area contributed by atoms with Crippen LogP contribution in [-0.4, -0.2) is 5.78 Å². The summed E-state index contributed by atoms with van der Waals surface area (Å²) in [4.78, 5) is 10.5. The number of allylic oxidation sites excluding steroid dienone is 2. The van der Waals surface area contributed by atoms with Gasteiger partial charge in [-0.05, 0) is 38.7 Å². The Balaban J connectivity index is 2.49. The number of hydrogen-bond donors (Lipinski definition) is 0. The monoisotopic (exact) mass is 124 g/mol. The van der Waals surface area contributed by atoms with Gasteiger partial charge in [0, 0.05) is 0 Å². The zero-order chi connectivity index (χ0) is 6.69. The number of carbonyl (C=O) groups is 1. The molecule has 50 valence electrons. The second-order valence-electron chi connectivity index (χ2n) is 2.62. The van der Waals surface area contributed by atoms with Gasteiger partial charge in [0.1, 0.15) is 0 Å². The van der Waals surface area contributed by atoms with Gasteiger partial charge in [-0.3, -0.25) is 4.79 Å². The summed E-state index contributed by atoms with van der Waals surface area (Å²) in [6.07, 6.45) is 6.64. The molecule has 9 heavy (non-hydrogen) atoms. The molecule has 0 N–H and O–H groups in total. The summed E-state index contributed by atoms with van der Waals surface area (Å²) in [7, 11) is 0. The van der Waals surface area contributed by atoms with E-state index in [9.17, 15) is 4.79 Å². The summed E-state index contributed by atoms with van der Waals surface area (Å²) in [6, 6.07) is 0. The molecule has 0 atom stereocenters. The number of ketones is 1. The second-order valence-corrected chi connectivity index (χ2v) is 2.62. The molecule has 0 radical (unpaired) electrons. The lowest BCUT2D eigenvalue weighted by Crippen LogP contribution is -1.83. The minimum atomic E-state index is 0.201.